The van der Waals surface area contributed by atoms with Crippen molar-refractivity contribution in [2.24, 2.45) is 5.41 Å². The normalized spacial score (nSPS) is 17.6. The Bertz CT molecular complexity index is 1900. The van der Waals surface area contributed by atoms with Gasteiger partial charge in [0.15, 0.2) is 12.4 Å². The number of alkyl halides is 3. The van der Waals surface area contributed by atoms with Crippen molar-refractivity contribution in [3.8, 4) is 16.9 Å². The number of carbonyl (C=O) groups is 1. The van der Waals surface area contributed by atoms with Crippen molar-refractivity contribution in [1.82, 2.24) is 30.0 Å². The van der Waals surface area contributed by atoms with Gasteiger partial charge in [-0.05, 0) is 87.5 Å². The lowest BCUT2D eigenvalue weighted by Gasteiger charge is -2.54. The molecule has 1 amide bonds. The third kappa shape index (κ3) is 6.40. The first kappa shape index (κ1) is 33.1. The number of hydrogen-bond donors (Lipinski definition) is 1. The number of halogens is 3. The molecule has 49 heavy (non-hydrogen) atoms. The number of rotatable bonds is 10. The van der Waals surface area contributed by atoms with Gasteiger partial charge < -0.3 is 24.3 Å². The van der Waals surface area contributed by atoms with Crippen LogP contribution in [-0.4, -0.2) is 109 Å². The summed E-state index contributed by atoms with van der Waals surface area (Å²) in [5.74, 6) is 1.39. The van der Waals surface area contributed by atoms with Crippen LogP contribution in [0.25, 0.3) is 32.9 Å². The minimum Gasteiger partial charge on any atom is -0.481 e. The molecule has 1 spiro atoms. The van der Waals surface area contributed by atoms with Crippen LogP contribution in [0.2, 0.25) is 0 Å². The number of anilines is 2. The van der Waals surface area contributed by atoms with Crippen LogP contribution in [0.4, 0.5) is 24.9 Å². The third-order valence-electron chi connectivity index (χ3n) is 10.3. The second-order valence-electron chi connectivity index (χ2n) is 14.3. The van der Waals surface area contributed by atoms with Crippen LogP contribution in [0.1, 0.15) is 42.7 Å². The number of benzene rings is 2. The molecule has 4 heterocycles. The molecule has 13 heteroatoms. The number of aromatic amines is 1. The smallest absolute Gasteiger partial charge is 0.422 e. The van der Waals surface area contributed by atoms with E-state index in [1.807, 2.05) is 50.0 Å². The number of likely N-dealkylation sites (tertiary alicyclic amines) is 1. The number of carbonyl (C=O) groups excluding carboxylic acids is 1. The Labute approximate surface area is 283 Å². The number of nitrogens with one attached hydrogen (secondary N) is 1. The maximum Gasteiger partial charge on any atom is 0.422 e. The van der Waals surface area contributed by atoms with Crippen LogP contribution in [0.3, 0.4) is 0 Å². The summed E-state index contributed by atoms with van der Waals surface area (Å²) in [5, 5.41) is 8.81. The SMILES string of the molecule is C=CC(=O)N1CC2(CCN(c3nc(N(C)CCN(C)C)nc4c(OCC(F)(F)F)c(-c5c(C)ccc6[nH]ncc56)c(C5CC5)cc34)CC2)C1. The Morgan fingerprint density at radius 3 is 2.49 bits per heavy atom. The van der Waals surface area contributed by atoms with E-state index in [9.17, 15) is 18.0 Å². The lowest BCUT2D eigenvalue weighted by molar-refractivity contribution is -0.153. The maximum absolute atomic E-state index is 14.0. The molecule has 2 aromatic heterocycles. The van der Waals surface area contributed by atoms with Crippen molar-refractivity contribution in [1.29, 1.82) is 0 Å². The Balaban J connectivity index is 1.41. The summed E-state index contributed by atoms with van der Waals surface area (Å²) in [6, 6.07) is 6.01. The van der Waals surface area contributed by atoms with Crippen molar-refractivity contribution < 1.29 is 22.7 Å². The fourth-order valence-electron chi connectivity index (χ4n) is 7.38. The summed E-state index contributed by atoms with van der Waals surface area (Å²) in [6.45, 7) is 8.33. The molecule has 10 nitrogen and oxygen atoms in total. The van der Waals surface area contributed by atoms with E-state index in [-0.39, 0.29) is 23.0 Å². The zero-order valence-corrected chi connectivity index (χ0v) is 28.5. The van der Waals surface area contributed by atoms with Gasteiger partial charge in [-0.25, -0.2) is 4.98 Å². The number of aromatic nitrogens is 4. The highest BCUT2D eigenvalue weighted by Crippen LogP contribution is 2.53. The summed E-state index contributed by atoms with van der Waals surface area (Å²) in [4.78, 5) is 30.4. The van der Waals surface area contributed by atoms with Crippen LogP contribution in [0.5, 0.6) is 5.75 Å². The van der Waals surface area contributed by atoms with Gasteiger partial charge in [-0.2, -0.15) is 23.3 Å². The van der Waals surface area contributed by atoms with Gasteiger partial charge in [-0.1, -0.05) is 12.6 Å². The fourth-order valence-corrected chi connectivity index (χ4v) is 7.38. The van der Waals surface area contributed by atoms with Gasteiger partial charge in [-0.15, -0.1) is 0 Å². The number of piperidine rings is 1. The highest BCUT2D eigenvalue weighted by atomic mass is 19.4. The average Bonchev–Trinajstić information content (AvgIpc) is 3.80. The van der Waals surface area contributed by atoms with Crippen LogP contribution < -0.4 is 14.5 Å². The molecule has 3 fully saturated rings. The number of hydrogen-bond acceptors (Lipinski definition) is 8. The summed E-state index contributed by atoms with van der Waals surface area (Å²) in [5.41, 5.74) is 4.53. The van der Waals surface area contributed by atoms with E-state index in [1.54, 1.807) is 6.20 Å². The van der Waals surface area contributed by atoms with Gasteiger partial charge in [-0.3, -0.25) is 9.89 Å². The monoisotopic (exact) mass is 676 g/mol. The molecule has 1 aliphatic carbocycles. The Morgan fingerprint density at radius 1 is 1.10 bits per heavy atom. The fraction of sp³-hybridized carbons (Fsp3) is 0.500. The Morgan fingerprint density at radius 2 is 1.84 bits per heavy atom. The highest BCUT2D eigenvalue weighted by molar-refractivity contribution is 6.06. The van der Waals surface area contributed by atoms with Gasteiger partial charge in [0, 0.05) is 68.1 Å². The number of H-pyrrole nitrogens is 1. The summed E-state index contributed by atoms with van der Waals surface area (Å²) in [7, 11) is 5.88. The maximum atomic E-state index is 14.0. The quantitative estimate of drug-likeness (QED) is 0.207. The minimum atomic E-state index is -4.55. The van der Waals surface area contributed by atoms with Gasteiger partial charge in [0.1, 0.15) is 11.3 Å². The molecular weight excluding hydrogens is 633 g/mol. The van der Waals surface area contributed by atoms with Gasteiger partial charge in [0.05, 0.1) is 11.7 Å². The van der Waals surface area contributed by atoms with E-state index in [4.69, 9.17) is 14.7 Å². The molecule has 0 radical (unpaired) electrons. The predicted molar refractivity (Wildman–Crippen MR) is 185 cm³/mol. The van der Waals surface area contributed by atoms with Gasteiger partial charge in [0.2, 0.25) is 11.9 Å². The summed E-state index contributed by atoms with van der Waals surface area (Å²) < 4.78 is 47.8. The molecule has 7 rings (SSSR count). The van der Waals surface area contributed by atoms with Crippen LogP contribution in [0.15, 0.2) is 37.1 Å². The Hall–Kier alpha value is -4.39. The predicted octanol–water partition coefficient (Wildman–Crippen LogP) is 5.91. The number of aryl methyl sites for hydroxylation is 1. The standard InChI is InChI=1S/C36H43F3N8O2/c1-6-28(48)47-19-35(20-47)11-13-46(14-12-35)33-25-17-24(23-8-9-23)30(29-22(2)7-10-27-26(29)18-40-43-27)32(49-21-36(37,38)39)31(25)41-34(42-33)45(5)16-15-44(3)4/h6-7,10,17-18,23H,1,8-9,11-16,19-21H2,2-5H3,(H,40,43). The molecule has 2 aromatic carbocycles. The van der Waals surface area contributed by atoms with E-state index in [2.05, 4.69) is 32.6 Å². The molecular formula is C36H43F3N8O2. The molecule has 0 bridgehead atoms. The van der Waals surface area contributed by atoms with Crippen molar-refractivity contribution in [3.63, 3.8) is 0 Å². The first-order chi connectivity index (χ1) is 23.4. The van der Waals surface area contributed by atoms with Gasteiger partial charge >= 0.3 is 6.18 Å². The van der Waals surface area contributed by atoms with E-state index in [1.165, 1.54) is 6.08 Å². The van der Waals surface area contributed by atoms with Crippen molar-refractivity contribution in [3.05, 3.63) is 48.2 Å². The Kier molecular flexibility index (Phi) is 8.45. The lowest BCUT2D eigenvalue weighted by Crippen LogP contribution is -2.61. The molecule has 260 valence electrons. The molecule has 2 saturated heterocycles. The lowest BCUT2D eigenvalue weighted by atomic mass is 9.72. The zero-order chi connectivity index (χ0) is 34.7. The van der Waals surface area contributed by atoms with Crippen LogP contribution in [-0.2, 0) is 4.79 Å². The van der Waals surface area contributed by atoms with Crippen LogP contribution in [0, 0.1) is 12.3 Å². The molecule has 3 aliphatic rings. The average molecular weight is 677 g/mol. The molecule has 1 N–H and O–H groups in total. The van der Waals surface area contributed by atoms with Crippen molar-refractivity contribution in [2.75, 3.05) is 76.8 Å². The number of likely N-dealkylation sites (N-methyl/N-ethyl adjacent to an activating group) is 2. The van der Waals surface area contributed by atoms with E-state index >= 15 is 0 Å². The van der Waals surface area contributed by atoms with Crippen molar-refractivity contribution >= 4 is 39.5 Å². The number of fused-ring (bicyclic) bond motifs is 2. The number of nitrogens with zero attached hydrogens (tertiary/aromatic N) is 7. The van der Waals surface area contributed by atoms with E-state index in [0.29, 0.717) is 61.0 Å². The highest BCUT2D eigenvalue weighted by Gasteiger charge is 2.46. The largest absolute Gasteiger partial charge is 0.481 e. The number of ether oxygens (including phenoxy) is 1. The summed E-state index contributed by atoms with van der Waals surface area (Å²) in [6.07, 6.45) is 2.15. The zero-order valence-electron chi connectivity index (χ0n) is 28.5. The molecule has 0 atom stereocenters. The minimum absolute atomic E-state index is 0.0450. The van der Waals surface area contributed by atoms with Crippen LogP contribution >= 0.6 is 0 Å². The van der Waals surface area contributed by atoms with Gasteiger partial charge in [0.25, 0.3) is 0 Å². The second-order valence-corrected chi connectivity index (χ2v) is 14.3. The van der Waals surface area contributed by atoms with E-state index in [0.717, 1.165) is 59.8 Å². The first-order valence-corrected chi connectivity index (χ1v) is 16.9. The molecule has 4 aromatic rings. The molecule has 2 aliphatic heterocycles. The molecule has 0 unspecified atom stereocenters. The van der Waals surface area contributed by atoms with Crippen molar-refractivity contribution in [2.45, 2.75) is 44.7 Å². The van der Waals surface area contributed by atoms with E-state index < -0.39 is 12.8 Å². The first-order valence-electron chi connectivity index (χ1n) is 16.9. The second kappa shape index (κ2) is 12.5. The third-order valence-corrected chi connectivity index (χ3v) is 10.3. The summed E-state index contributed by atoms with van der Waals surface area (Å²) >= 11 is 0. The topological polar surface area (TPSA) is 93.7 Å². The molecule has 1 saturated carbocycles. The number of amides is 1.